The first-order valence-electron chi connectivity index (χ1n) is 15.7. The highest BCUT2D eigenvalue weighted by Crippen LogP contribution is 2.43. The van der Waals surface area contributed by atoms with Crippen molar-refractivity contribution < 1.29 is 37.6 Å². The maximum Gasteiger partial charge on any atom is 0.472 e. The van der Waals surface area contributed by atoms with Crippen LogP contribution in [0.2, 0.25) is 0 Å². The van der Waals surface area contributed by atoms with Crippen molar-refractivity contribution in [1.29, 1.82) is 0 Å². The molecular weight excluding hydrogens is 533 g/mol. The molecule has 0 amide bonds. The smallest absolute Gasteiger partial charge is 0.462 e. The highest BCUT2D eigenvalue weighted by atomic mass is 31.2. The number of phosphoric acid groups is 1. The topological polar surface area (TPSA) is 134 Å². The summed E-state index contributed by atoms with van der Waals surface area (Å²) < 4.78 is 31.7. The van der Waals surface area contributed by atoms with E-state index in [0.717, 1.165) is 19.3 Å². The van der Waals surface area contributed by atoms with E-state index in [1.807, 2.05) is 0 Å². The molecule has 0 bridgehead atoms. The second-order valence-corrected chi connectivity index (χ2v) is 11.7. The molecule has 0 saturated carbocycles. The Balaban J connectivity index is 3.84. The van der Waals surface area contributed by atoms with Crippen LogP contribution in [-0.4, -0.2) is 49.3 Å². The van der Waals surface area contributed by atoms with E-state index in [0.29, 0.717) is 6.42 Å². The first-order valence-corrected chi connectivity index (χ1v) is 17.2. The molecule has 0 aromatic carbocycles. The summed E-state index contributed by atoms with van der Waals surface area (Å²) in [5.74, 6) is -0.930. The van der Waals surface area contributed by atoms with Crippen molar-refractivity contribution in [2.45, 2.75) is 142 Å². The van der Waals surface area contributed by atoms with Gasteiger partial charge in [-0.1, -0.05) is 103 Å². The Morgan fingerprint density at radius 1 is 0.750 bits per heavy atom. The number of carbonyl (C=O) groups excluding carboxylic acids is 2. The molecule has 0 radical (unpaired) electrons. The Morgan fingerprint density at radius 3 is 1.80 bits per heavy atom. The average Bonchev–Trinajstić information content (AvgIpc) is 2.94. The third-order valence-corrected chi connectivity index (χ3v) is 7.44. The van der Waals surface area contributed by atoms with Crippen LogP contribution in [0.15, 0.2) is 12.2 Å². The molecule has 9 nitrogen and oxygen atoms in total. The Bertz CT molecular complexity index is 689. The van der Waals surface area contributed by atoms with Crippen LogP contribution in [0.1, 0.15) is 136 Å². The van der Waals surface area contributed by atoms with Crippen molar-refractivity contribution in [3.05, 3.63) is 12.2 Å². The zero-order chi connectivity index (χ0) is 29.7. The van der Waals surface area contributed by atoms with Gasteiger partial charge in [0.2, 0.25) is 0 Å². The number of allylic oxidation sites excluding steroid dienone is 2. The van der Waals surface area contributed by atoms with Crippen LogP contribution in [0, 0.1) is 0 Å². The second kappa shape index (κ2) is 27.9. The normalized spacial score (nSPS) is 13.8. The predicted molar refractivity (Wildman–Crippen MR) is 160 cm³/mol. The minimum absolute atomic E-state index is 0.0533. The van der Waals surface area contributed by atoms with E-state index in [4.69, 9.17) is 19.7 Å². The monoisotopic (exact) mass is 591 g/mol. The van der Waals surface area contributed by atoms with E-state index >= 15 is 0 Å². The van der Waals surface area contributed by atoms with Gasteiger partial charge in [-0.15, -0.1) is 0 Å². The van der Waals surface area contributed by atoms with E-state index in [9.17, 15) is 19.0 Å². The molecule has 0 rings (SSSR count). The molecule has 0 aliphatic rings. The number of unbranched alkanes of at least 4 members (excludes halogenated alkanes) is 15. The summed E-state index contributed by atoms with van der Waals surface area (Å²) in [7, 11) is -4.33. The summed E-state index contributed by atoms with van der Waals surface area (Å²) in [6.45, 7) is 3.10. The van der Waals surface area contributed by atoms with Crippen molar-refractivity contribution in [2.75, 3.05) is 26.4 Å². The van der Waals surface area contributed by atoms with Crippen LogP contribution >= 0.6 is 7.82 Å². The number of carbonyl (C=O) groups is 2. The van der Waals surface area contributed by atoms with Crippen LogP contribution in [-0.2, 0) is 32.7 Å². The number of nitrogens with two attached hydrogens (primary N) is 1. The van der Waals surface area contributed by atoms with Gasteiger partial charge < -0.3 is 20.1 Å². The highest BCUT2D eigenvalue weighted by Gasteiger charge is 2.25. The molecule has 0 saturated heterocycles. The summed E-state index contributed by atoms with van der Waals surface area (Å²) in [6.07, 6.45) is 24.9. The molecule has 3 N–H and O–H groups in total. The molecule has 40 heavy (non-hydrogen) atoms. The van der Waals surface area contributed by atoms with Crippen molar-refractivity contribution in [3.8, 4) is 0 Å². The fraction of sp³-hybridized carbons (Fsp3) is 0.867. The molecular formula is C30H58NO8P. The summed E-state index contributed by atoms with van der Waals surface area (Å²) in [6, 6.07) is 0. The number of ether oxygens (including phenoxy) is 2. The lowest BCUT2D eigenvalue weighted by molar-refractivity contribution is -0.161. The Kier molecular flexibility index (Phi) is 27.0. The van der Waals surface area contributed by atoms with E-state index < -0.39 is 32.5 Å². The fourth-order valence-corrected chi connectivity index (χ4v) is 4.84. The van der Waals surface area contributed by atoms with Gasteiger partial charge in [-0.25, -0.2) is 4.57 Å². The van der Waals surface area contributed by atoms with Crippen molar-refractivity contribution in [3.63, 3.8) is 0 Å². The molecule has 10 heteroatoms. The molecule has 0 aromatic heterocycles. The third kappa shape index (κ3) is 26.9. The summed E-state index contributed by atoms with van der Waals surface area (Å²) in [4.78, 5) is 33.3. The molecule has 236 valence electrons. The van der Waals surface area contributed by atoms with Gasteiger partial charge in [-0.05, 0) is 32.1 Å². The first kappa shape index (κ1) is 38.8. The number of rotatable bonds is 29. The number of phosphoric ester groups is 1. The molecule has 0 aromatic rings. The quantitative estimate of drug-likeness (QED) is 0.0391. The highest BCUT2D eigenvalue weighted by molar-refractivity contribution is 7.47. The lowest BCUT2D eigenvalue weighted by Gasteiger charge is -2.19. The van der Waals surface area contributed by atoms with Crippen molar-refractivity contribution >= 4 is 19.8 Å². The SMILES string of the molecule is CCCCCCCC/C=C\CCCCCCCCCCCC(=O)OC(COC(=O)CC)COP(=O)(O)OCCN. The molecule has 0 spiro atoms. The lowest BCUT2D eigenvalue weighted by Crippen LogP contribution is -2.29. The molecule has 2 atom stereocenters. The number of esters is 2. The van der Waals surface area contributed by atoms with Crippen LogP contribution in [0.3, 0.4) is 0 Å². The van der Waals surface area contributed by atoms with Gasteiger partial charge in [0, 0.05) is 19.4 Å². The molecule has 0 aliphatic carbocycles. The van der Waals surface area contributed by atoms with Crippen LogP contribution in [0.4, 0.5) is 0 Å². The van der Waals surface area contributed by atoms with Gasteiger partial charge in [0.1, 0.15) is 6.61 Å². The Hall–Kier alpha value is -1.25. The molecule has 2 unspecified atom stereocenters. The molecule has 0 fully saturated rings. The zero-order valence-corrected chi connectivity index (χ0v) is 26.2. The van der Waals surface area contributed by atoms with Crippen LogP contribution in [0.5, 0.6) is 0 Å². The minimum Gasteiger partial charge on any atom is -0.462 e. The van der Waals surface area contributed by atoms with E-state index in [-0.39, 0.29) is 32.6 Å². The summed E-state index contributed by atoms with van der Waals surface area (Å²) in [5.41, 5.74) is 5.25. The van der Waals surface area contributed by atoms with Gasteiger partial charge in [0.15, 0.2) is 6.10 Å². The van der Waals surface area contributed by atoms with E-state index in [2.05, 4.69) is 23.6 Å². The van der Waals surface area contributed by atoms with E-state index in [1.54, 1.807) is 6.92 Å². The maximum atomic E-state index is 12.2. The minimum atomic E-state index is -4.33. The lowest BCUT2D eigenvalue weighted by atomic mass is 10.1. The summed E-state index contributed by atoms with van der Waals surface area (Å²) >= 11 is 0. The summed E-state index contributed by atoms with van der Waals surface area (Å²) in [5, 5.41) is 0. The number of hydrogen-bond donors (Lipinski definition) is 2. The predicted octanol–water partition coefficient (Wildman–Crippen LogP) is 7.54. The number of hydrogen-bond acceptors (Lipinski definition) is 8. The third-order valence-electron chi connectivity index (χ3n) is 6.46. The van der Waals surface area contributed by atoms with Crippen molar-refractivity contribution in [2.24, 2.45) is 5.73 Å². The van der Waals surface area contributed by atoms with Gasteiger partial charge >= 0.3 is 19.8 Å². The first-order chi connectivity index (χ1) is 19.3. The molecule has 0 aliphatic heterocycles. The van der Waals surface area contributed by atoms with Gasteiger partial charge in [0.05, 0.1) is 13.2 Å². The van der Waals surface area contributed by atoms with Crippen LogP contribution < -0.4 is 5.73 Å². The fourth-order valence-electron chi connectivity index (χ4n) is 4.08. The molecule has 0 heterocycles. The van der Waals surface area contributed by atoms with Gasteiger partial charge in [-0.2, -0.15) is 0 Å². The average molecular weight is 592 g/mol. The van der Waals surface area contributed by atoms with Gasteiger partial charge in [0.25, 0.3) is 0 Å². The Morgan fingerprint density at radius 2 is 1.27 bits per heavy atom. The zero-order valence-electron chi connectivity index (χ0n) is 25.3. The maximum absolute atomic E-state index is 12.2. The van der Waals surface area contributed by atoms with E-state index in [1.165, 1.54) is 83.5 Å². The van der Waals surface area contributed by atoms with Gasteiger partial charge in [-0.3, -0.25) is 18.6 Å². The largest absolute Gasteiger partial charge is 0.472 e. The standard InChI is InChI=1S/C30H58NO8P/c1-3-5-6-7-8-9-10-11-12-13-14-15-16-17-18-19-20-21-22-23-30(33)39-28(26-36-29(32)4-2)27-38-40(34,35)37-25-24-31/h11-12,28H,3-10,13-27,31H2,1-2H3,(H,34,35)/b12-11-. The Labute approximate surface area is 243 Å². The van der Waals surface area contributed by atoms with Crippen LogP contribution in [0.25, 0.3) is 0 Å². The van der Waals surface area contributed by atoms with Crippen molar-refractivity contribution in [1.82, 2.24) is 0 Å². The second-order valence-electron chi connectivity index (χ2n) is 10.3.